The molecule has 1 saturated heterocycles. The highest BCUT2D eigenvalue weighted by atomic mass is 32.2. The van der Waals surface area contributed by atoms with Crippen LogP contribution in [0.5, 0.6) is 0 Å². The lowest BCUT2D eigenvalue weighted by atomic mass is 9.67. The van der Waals surface area contributed by atoms with Crippen LogP contribution in [-0.4, -0.2) is 44.6 Å². The lowest BCUT2D eigenvalue weighted by Crippen LogP contribution is -2.42. The summed E-state index contributed by atoms with van der Waals surface area (Å²) < 4.78 is 0. The van der Waals surface area contributed by atoms with Crippen LogP contribution >= 0.6 is 23.1 Å². The Hall–Kier alpha value is -2.39. The van der Waals surface area contributed by atoms with Crippen LogP contribution in [0.1, 0.15) is 28.3 Å². The van der Waals surface area contributed by atoms with Gasteiger partial charge in [0.1, 0.15) is 6.54 Å². The zero-order chi connectivity index (χ0) is 21.6. The van der Waals surface area contributed by atoms with Crippen LogP contribution in [0, 0.1) is 36.5 Å². The van der Waals surface area contributed by atoms with Gasteiger partial charge in [0.2, 0.25) is 11.8 Å². The monoisotopic (exact) mass is 456 g/mol. The smallest absolute Gasteiger partial charge is 0.323 e. The third kappa shape index (κ3) is 2.53. The number of aromatic amines is 1. The van der Waals surface area contributed by atoms with Gasteiger partial charge in [0.15, 0.2) is 0 Å². The molecule has 7 nitrogen and oxygen atoms in total. The number of likely N-dealkylation sites (tertiary alicyclic amines) is 1. The van der Waals surface area contributed by atoms with Gasteiger partial charge in [0, 0.05) is 16.0 Å². The molecule has 2 amide bonds. The van der Waals surface area contributed by atoms with E-state index in [0.29, 0.717) is 0 Å². The van der Waals surface area contributed by atoms with Gasteiger partial charge in [-0.1, -0.05) is 35.6 Å². The average Bonchev–Trinajstić information content (AvgIpc) is 3.44. The molecule has 6 rings (SSSR count). The molecule has 0 unspecified atom stereocenters. The van der Waals surface area contributed by atoms with Crippen molar-refractivity contribution in [3.05, 3.63) is 49.9 Å². The highest BCUT2D eigenvalue weighted by molar-refractivity contribution is 8.00. The van der Waals surface area contributed by atoms with Crippen molar-refractivity contribution >= 4 is 40.9 Å². The number of aryl methyl sites for hydroxylation is 1. The van der Waals surface area contributed by atoms with Crippen LogP contribution in [0.3, 0.4) is 0 Å². The van der Waals surface area contributed by atoms with Crippen LogP contribution in [0.25, 0.3) is 0 Å². The van der Waals surface area contributed by atoms with Crippen molar-refractivity contribution in [2.24, 2.45) is 29.6 Å². The number of aliphatic carboxylic acids is 1. The number of carbonyl (C=O) groups is 3. The molecule has 7 atom stereocenters. The van der Waals surface area contributed by atoms with E-state index in [1.165, 1.54) is 11.3 Å². The summed E-state index contributed by atoms with van der Waals surface area (Å²) in [6, 6.07) is 8.16. The maximum Gasteiger partial charge on any atom is 0.323 e. The molecule has 160 valence electrons. The SMILES string of the molecule is Cc1ccccc1[C@H]1c2sc(=O)[nH]c2S[C@@H]2[C@H]3C[C@@H]([C@H]4C(=O)N(CC(=O)O)C(=O)[C@@H]34)[C@@H]12. The number of rotatable bonds is 3. The Labute approximate surface area is 185 Å². The van der Waals surface area contributed by atoms with Gasteiger partial charge in [0.25, 0.3) is 0 Å². The number of benzene rings is 1. The molecular formula is C22H20N2O5S2. The number of hydrogen-bond acceptors (Lipinski definition) is 6. The maximum atomic E-state index is 13.1. The number of fused-ring (bicyclic) bond motifs is 9. The number of carboxylic acid groups (broad SMARTS) is 1. The van der Waals surface area contributed by atoms with E-state index in [2.05, 4.69) is 24.0 Å². The summed E-state index contributed by atoms with van der Waals surface area (Å²) in [5.41, 5.74) is 2.31. The standard InChI is InChI=1S/C22H20N2O5S2/c1-8-4-2-3-5-9(8)13-14-10-6-11(17(14)30-19-18(13)31-22(29)23-19)16-15(10)20(27)24(21(16)28)7-12(25)26/h2-5,10-11,13-17H,6-7H2,1H3,(H,23,29)(H,25,26)/t10-,11+,13-,14+,15-,16+,17-/m1/s1. The van der Waals surface area contributed by atoms with E-state index in [0.717, 1.165) is 32.4 Å². The molecule has 2 bridgehead atoms. The summed E-state index contributed by atoms with van der Waals surface area (Å²) in [4.78, 5) is 54.5. The summed E-state index contributed by atoms with van der Waals surface area (Å²) in [5.74, 6) is -2.54. The van der Waals surface area contributed by atoms with Crippen molar-refractivity contribution in [3.63, 3.8) is 0 Å². The molecule has 2 aromatic rings. The third-order valence-corrected chi connectivity index (χ3v) is 10.2. The number of H-pyrrole nitrogens is 1. The van der Waals surface area contributed by atoms with E-state index in [1.807, 2.05) is 12.1 Å². The minimum atomic E-state index is -1.17. The van der Waals surface area contributed by atoms with E-state index >= 15 is 0 Å². The first-order valence-electron chi connectivity index (χ1n) is 10.4. The Morgan fingerprint density at radius 3 is 2.58 bits per heavy atom. The molecule has 2 N–H and O–H groups in total. The minimum absolute atomic E-state index is 0.00113. The number of carboxylic acids is 1. The fourth-order valence-corrected chi connectivity index (χ4v) is 9.53. The lowest BCUT2D eigenvalue weighted by molar-refractivity contribution is -0.149. The van der Waals surface area contributed by atoms with Gasteiger partial charge < -0.3 is 10.1 Å². The molecule has 3 heterocycles. The largest absolute Gasteiger partial charge is 0.480 e. The van der Waals surface area contributed by atoms with E-state index in [4.69, 9.17) is 0 Å². The molecule has 2 aliphatic heterocycles. The van der Waals surface area contributed by atoms with Gasteiger partial charge in [-0.3, -0.25) is 24.1 Å². The molecule has 1 aromatic carbocycles. The van der Waals surface area contributed by atoms with Crippen LogP contribution in [0.4, 0.5) is 0 Å². The highest BCUT2D eigenvalue weighted by Crippen LogP contribution is 2.68. The molecule has 9 heteroatoms. The Balaban J connectivity index is 1.47. The van der Waals surface area contributed by atoms with Crippen molar-refractivity contribution in [3.8, 4) is 0 Å². The number of hydrogen-bond donors (Lipinski definition) is 2. The second-order valence-electron chi connectivity index (χ2n) is 8.97. The second-order valence-corrected chi connectivity index (χ2v) is 11.2. The number of thiazole rings is 1. The Morgan fingerprint density at radius 2 is 1.87 bits per heavy atom. The lowest BCUT2D eigenvalue weighted by Gasteiger charge is -2.43. The predicted octanol–water partition coefficient (Wildman–Crippen LogP) is 2.30. The zero-order valence-electron chi connectivity index (χ0n) is 16.6. The highest BCUT2D eigenvalue weighted by Gasteiger charge is 2.69. The van der Waals surface area contributed by atoms with Crippen LogP contribution in [-0.2, 0) is 14.4 Å². The van der Waals surface area contributed by atoms with Gasteiger partial charge in [-0.15, -0.1) is 11.8 Å². The molecule has 3 fully saturated rings. The Kier molecular flexibility index (Phi) is 4.08. The maximum absolute atomic E-state index is 13.1. The topological polar surface area (TPSA) is 108 Å². The van der Waals surface area contributed by atoms with E-state index < -0.39 is 24.3 Å². The normalized spacial score (nSPS) is 35.3. The number of nitrogens with one attached hydrogen (secondary N) is 1. The molecule has 2 saturated carbocycles. The number of carbonyl (C=O) groups excluding carboxylic acids is 2. The van der Waals surface area contributed by atoms with Crippen LogP contribution in [0.15, 0.2) is 34.1 Å². The first kappa shape index (κ1) is 19.3. The van der Waals surface area contributed by atoms with E-state index in [1.54, 1.807) is 11.8 Å². The van der Waals surface area contributed by atoms with Gasteiger partial charge in [-0.25, -0.2) is 0 Å². The third-order valence-electron chi connectivity index (χ3n) is 7.63. The quantitative estimate of drug-likeness (QED) is 0.687. The minimum Gasteiger partial charge on any atom is -0.480 e. The second kappa shape index (κ2) is 6.56. The van der Waals surface area contributed by atoms with Crippen LogP contribution < -0.4 is 4.87 Å². The number of aromatic nitrogens is 1. The molecular weight excluding hydrogens is 436 g/mol. The summed E-state index contributed by atoms with van der Waals surface area (Å²) in [6.07, 6.45) is 0.803. The first-order chi connectivity index (χ1) is 14.9. The van der Waals surface area contributed by atoms with E-state index in [9.17, 15) is 24.3 Å². The number of thioether (sulfide) groups is 1. The van der Waals surface area contributed by atoms with Crippen molar-refractivity contribution in [2.75, 3.05) is 6.54 Å². The number of amides is 2. The number of imide groups is 1. The fourth-order valence-electron chi connectivity index (χ4n) is 6.65. The van der Waals surface area contributed by atoms with Gasteiger partial charge in [-0.2, -0.15) is 0 Å². The van der Waals surface area contributed by atoms with Crippen molar-refractivity contribution in [2.45, 2.75) is 29.5 Å². The molecule has 0 spiro atoms. The molecule has 1 aromatic heterocycles. The van der Waals surface area contributed by atoms with Crippen molar-refractivity contribution < 1.29 is 19.5 Å². The predicted molar refractivity (Wildman–Crippen MR) is 114 cm³/mol. The summed E-state index contributed by atoms with van der Waals surface area (Å²) in [5, 5.41) is 10.2. The molecule has 31 heavy (non-hydrogen) atoms. The summed E-state index contributed by atoms with van der Waals surface area (Å²) in [7, 11) is 0. The Bertz CT molecular complexity index is 1200. The molecule has 2 aliphatic carbocycles. The fraction of sp³-hybridized carbons (Fsp3) is 0.455. The van der Waals surface area contributed by atoms with E-state index in [-0.39, 0.29) is 45.6 Å². The number of nitrogens with zero attached hydrogens (tertiary/aromatic N) is 1. The Morgan fingerprint density at radius 1 is 1.16 bits per heavy atom. The van der Waals surface area contributed by atoms with Crippen LogP contribution in [0.2, 0.25) is 0 Å². The van der Waals surface area contributed by atoms with Gasteiger partial charge in [-0.05, 0) is 42.2 Å². The van der Waals surface area contributed by atoms with Gasteiger partial charge >= 0.3 is 10.8 Å². The molecule has 4 aliphatic rings. The zero-order valence-corrected chi connectivity index (χ0v) is 18.2. The van der Waals surface area contributed by atoms with Crippen molar-refractivity contribution in [1.29, 1.82) is 0 Å². The summed E-state index contributed by atoms with van der Waals surface area (Å²) >= 11 is 2.88. The first-order valence-corrected chi connectivity index (χ1v) is 12.1. The average molecular weight is 457 g/mol. The van der Waals surface area contributed by atoms with Gasteiger partial charge in [0.05, 0.1) is 16.9 Å². The van der Waals surface area contributed by atoms with Crippen molar-refractivity contribution in [1.82, 2.24) is 9.88 Å². The molecule has 0 radical (unpaired) electrons. The summed E-state index contributed by atoms with van der Waals surface area (Å²) in [6.45, 7) is 1.50.